The van der Waals surface area contributed by atoms with E-state index >= 15 is 0 Å². The predicted molar refractivity (Wildman–Crippen MR) is 75.7 cm³/mol. The number of methoxy groups -OCH3 is 1. The molecule has 0 saturated heterocycles. The van der Waals surface area contributed by atoms with Crippen molar-refractivity contribution >= 4 is 39.8 Å². The van der Waals surface area contributed by atoms with Gasteiger partial charge in [-0.2, -0.15) is 13.2 Å². The molecule has 0 fully saturated rings. The standard InChI is InChI=1S/C12H7ClF3N3O3S/c1-22-10(21)5-2-3-23-9(5)19-8(20)6-4-17-11(13)18-7(6)12(14,15)16/h2-4H,1H3,(H,19,20). The summed E-state index contributed by atoms with van der Waals surface area (Å²) >= 11 is 6.29. The maximum atomic E-state index is 12.9. The van der Waals surface area contributed by atoms with Gasteiger partial charge in [0.25, 0.3) is 5.91 Å². The average Bonchev–Trinajstić information content (AvgIpc) is 2.93. The highest BCUT2D eigenvalue weighted by Crippen LogP contribution is 2.32. The van der Waals surface area contributed by atoms with Crippen molar-refractivity contribution in [3.8, 4) is 0 Å². The minimum atomic E-state index is -4.89. The first-order valence-electron chi connectivity index (χ1n) is 5.81. The Balaban J connectivity index is 2.36. The molecule has 0 spiro atoms. The van der Waals surface area contributed by atoms with Gasteiger partial charge in [0.1, 0.15) is 5.00 Å². The Hall–Kier alpha value is -2.20. The molecule has 23 heavy (non-hydrogen) atoms. The monoisotopic (exact) mass is 365 g/mol. The summed E-state index contributed by atoms with van der Waals surface area (Å²) in [5.41, 5.74) is -2.26. The SMILES string of the molecule is COC(=O)c1ccsc1NC(=O)c1cnc(Cl)nc1C(F)(F)F. The molecule has 0 unspecified atom stereocenters. The molecule has 1 N–H and O–H groups in total. The molecule has 2 rings (SSSR count). The van der Waals surface area contributed by atoms with E-state index in [9.17, 15) is 22.8 Å². The normalized spacial score (nSPS) is 11.2. The van der Waals surface area contributed by atoms with Gasteiger partial charge in [-0.15, -0.1) is 11.3 Å². The molecule has 2 aromatic heterocycles. The van der Waals surface area contributed by atoms with Crippen molar-refractivity contribution < 1.29 is 27.5 Å². The molecular weight excluding hydrogens is 359 g/mol. The zero-order valence-electron chi connectivity index (χ0n) is 11.3. The van der Waals surface area contributed by atoms with E-state index in [4.69, 9.17) is 11.6 Å². The van der Waals surface area contributed by atoms with Crippen molar-refractivity contribution in [1.82, 2.24) is 9.97 Å². The number of aromatic nitrogens is 2. The molecule has 11 heteroatoms. The van der Waals surface area contributed by atoms with Crippen LogP contribution in [-0.4, -0.2) is 29.0 Å². The number of nitrogens with zero attached hydrogens (tertiary/aromatic N) is 2. The van der Waals surface area contributed by atoms with Crippen molar-refractivity contribution in [3.05, 3.63) is 39.7 Å². The van der Waals surface area contributed by atoms with Crippen LogP contribution < -0.4 is 5.32 Å². The predicted octanol–water partition coefficient (Wildman–Crippen LogP) is 3.25. The molecule has 0 bridgehead atoms. The highest BCUT2D eigenvalue weighted by molar-refractivity contribution is 7.14. The van der Waals surface area contributed by atoms with Crippen LogP contribution in [0.3, 0.4) is 0 Å². The molecule has 0 aliphatic heterocycles. The molecule has 122 valence electrons. The Kier molecular flexibility index (Phi) is 4.85. The summed E-state index contributed by atoms with van der Waals surface area (Å²) in [7, 11) is 1.14. The number of ether oxygens (including phenoxy) is 1. The summed E-state index contributed by atoms with van der Waals surface area (Å²) < 4.78 is 43.3. The number of carbonyl (C=O) groups excluding carboxylic acids is 2. The number of esters is 1. The lowest BCUT2D eigenvalue weighted by Crippen LogP contribution is -2.21. The zero-order valence-corrected chi connectivity index (χ0v) is 12.8. The molecule has 6 nitrogen and oxygen atoms in total. The first-order valence-corrected chi connectivity index (χ1v) is 7.06. The van der Waals surface area contributed by atoms with Crippen LogP contribution in [0.4, 0.5) is 18.2 Å². The zero-order chi connectivity index (χ0) is 17.2. The summed E-state index contributed by atoms with van der Waals surface area (Å²) in [6.45, 7) is 0. The molecule has 2 aromatic rings. The Labute approximate surface area is 136 Å². The first kappa shape index (κ1) is 17.2. The number of thiophene rings is 1. The van der Waals surface area contributed by atoms with Crippen LogP contribution >= 0.6 is 22.9 Å². The summed E-state index contributed by atoms with van der Waals surface area (Å²) in [5, 5.41) is 3.09. The van der Waals surface area contributed by atoms with Gasteiger partial charge in [-0.05, 0) is 23.0 Å². The van der Waals surface area contributed by atoms with Crippen LogP contribution in [0.2, 0.25) is 5.28 Å². The number of nitrogens with one attached hydrogen (secondary N) is 1. The van der Waals surface area contributed by atoms with Gasteiger partial charge < -0.3 is 10.1 Å². The molecule has 0 aliphatic rings. The van der Waals surface area contributed by atoms with Gasteiger partial charge in [0.15, 0.2) is 5.69 Å². The quantitative estimate of drug-likeness (QED) is 0.667. The van der Waals surface area contributed by atoms with Crippen LogP contribution in [-0.2, 0) is 10.9 Å². The average molecular weight is 366 g/mol. The molecule has 2 heterocycles. The molecule has 1 amide bonds. The molecule has 0 aromatic carbocycles. The molecular formula is C12H7ClF3N3O3S. The van der Waals surface area contributed by atoms with Crippen molar-refractivity contribution in [2.75, 3.05) is 12.4 Å². The van der Waals surface area contributed by atoms with E-state index in [1.165, 1.54) is 11.4 Å². The van der Waals surface area contributed by atoms with Crippen molar-refractivity contribution in [2.45, 2.75) is 6.18 Å². The Bertz CT molecular complexity index is 763. The van der Waals surface area contributed by atoms with Gasteiger partial charge in [-0.1, -0.05) is 0 Å². The number of rotatable bonds is 3. The van der Waals surface area contributed by atoms with Crippen LogP contribution in [0.1, 0.15) is 26.4 Å². The lowest BCUT2D eigenvalue weighted by molar-refractivity contribution is -0.141. The summed E-state index contributed by atoms with van der Waals surface area (Å²) in [6, 6.07) is 1.37. The molecule has 0 aliphatic carbocycles. The van der Waals surface area contributed by atoms with Crippen molar-refractivity contribution in [2.24, 2.45) is 0 Å². The largest absolute Gasteiger partial charge is 0.465 e. The highest BCUT2D eigenvalue weighted by Gasteiger charge is 2.38. The van der Waals surface area contributed by atoms with Crippen molar-refractivity contribution in [3.63, 3.8) is 0 Å². The van der Waals surface area contributed by atoms with E-state index < -0.39 is 34.6 Å². The van der Waals surface area contributed by atoms with E-state index in [1.807, 2.05) is 0 Å². The Morgan fingerprint density at radius 2 is 2.04 bits per heavy atom. The fourth-order valence-corrected chi connectivity index (χ4v) is 2.49. The fraction of sp³-hybridized carbons (Fsp3) is 0.167. The van der Waals surface area contributed by atoms with Gasteiger partial charge in [0.05, 0.1) is 18.2 Å². The summed E-state index contributed by atoms with van der Waals surface area (Å²) in [4.78, 5) is 30.0. The Morgan fingerprint density at radius 1 is 1.35 bits per heavy atom. The van der Waals surface area contributed by atoms with Crippen molar-refractivity contribution in [1.29, 1.82) is 0 Å². The van der Waals surface area contributed by atoms with E-state index in [0.717, 1.165) is 18.4 Å². The highest BCUT2D eigenvalue weighted by atomic mass is 35.5. The van der Waals surface area contributed by atoms with Crippen LogP contribution in [0.25, 0.3) is 0 Å². The number of carbonyl (C=O) groups is 2. The van der Waals surface area contributed by atoms with Gasteiger partial charge >= 0.3 is 12.1 Å². The maximum Gasteiger partial charge on any atom is 0.434 e. The van der Waals surface area contributed by atoms with Crippen LogP contribution in [0, 0.1) is 0 Å². The lowest BCUT2D eigenvalue weighted by atomic mass is 10.2. The first-order chi connectivity index (χ1) is 10.7. The number of hydrogen-bond acceptors (Lipinski definition) is 6. The Morgan fingerprint density at radius 3 is 2.65 bits per heavy atom. The van der Waals surface area contributed by atoms with Gasteiger partial charge in [0.2, 0.25) is 5.28 Å². The van der Waals surface area contributed by atoms with Gasteiger partial charge in [-0.3, -0.25) is 4.79 Å². The van der Waals surface area contributed by atoms with E-state index in [1.54, 1.807) is 0 Å². The second-order valence-corrected chi connectivity index (χ2v) is 5.26. The third kappa shape index (κ3) is 3.77. The number of halogens is 4. The second kappa shape index (κ2) is 6.50. The number of alkyl halides is 3. The van der Waals surface area contributed by atoms with Gasteiger partial charge in [-0.25, -0.2) is 14.8 Å². The smallest absolute Gasteiger partial charge is 0.434 e. The third-order valence-electron chi connectivity index (χ3n) is 2.57. The fourth-order valence-electron chi connectivity index (χ4n) is 1.59. The molecule has 0 saturated carbocycles. The van der Waals surface area contributed by atoms with Gasteiger partial charge in [0, 0.05) is 6.20 Å². The lowest BCUT2D eigenvalue weighted by Gasteiger charge is -2.11. The van der Waals surface area contributed by atoms with E-state index in [2.05, 4.69) is 20.0 Å². The van der Waals surface area contributed by atoms with Crippen LogP contribution in [0.15, 0.2) is 17.6 Å². The maximum absolute atomic E-state index is 12.9. The number of hydrogen-bond donors (Lipinski definition) is 1. The number of anilines is 1. The minimum Gasteiger partial charge on any atom is -0.465 e. The van der Waals surface area contributed by atoms with E-state index in [0.29, 0.717) is 6.20 Å². The summed E-state index contributed by atoms with van der Waals surface area (Å²) in [6.07, 6.45) is -4.22. The second-order valence-electron chi connectivity index (χ2n) is 4.01. The molecule has 0 radical (unpaired) electrons. The van der Waals surface area contributed by atoms with E-state index in [-0.39, 0.29) is 10.6 Å². The minimum absolute atomic E-state index is 0.0225. The third-order valence-corrected chi connectivity index (χ3v) is 3.58. The number of amides is 1. The topological polar surface area (TPSA) is 81.2 Å². The van der Waals surface area contributed by atoms with Crippen LogP contribution in [0.5, 0.6) is 0 Å². The summed E-state index contributed by atoms with van der Waals surface area (Å²) in [5.74, 6) is -1.86. The molecule has 0 atom stereocenters.